The number of anilines is 1. The number of nitrogens with one attached hydrogen (secondary N) is 3. The molecule has 1 heterocycles. The van der Waals surface area contributed by atoms with Crippen LogP contribution < -0.4 is 16.0 Å². The van der Waals surface area contributed by atoms with Crippen molar-refractivity contribution in [3.63, 3.8) is 0 Å². The number of halogens is 1. The lowest BCUT2D eigenvalue weighted by molar-refractivity contribution is -0.134. The molecular weight excluding hydrogens is 404 g/mol. The van der Waals surface area contributed by atoms with Crippen LogP contribution in [0, 0.1) is 29.1 Å². The third-order valence-electron chi connectivity index (χ3n) is 6.33. The number of amides is 2. The lowest BCUT2D eigenvalue weighted by Gasteiger charge is -2.28. The molecule has 0 saturated heterocycles. The van der Waals surface area contributed by atoms with Crippen LogP contribution in [-0.2, 0) is 9.59 Å². The minimum absolute atomic E-state index is 0.0332. The van der Waals surface area contributed by atoms with Gasteiger partial charge in [-0.05, 0) is 65.9 Å². The van der Waals surface area contributed by atoms with Crippen LogP contribution in [0.3, 0.4) is 0 Å². The van der Waals surface area contributed by atoms with Crippen LogP contribution in [0.4, 0.5) is 5.13 Å². The van der Waals surface area contributed by atoms with Crippen molar-refractivity contribution in [1.82, 2.24) is 15.6 Å². The first-order valence-corrected chi connectivity index (χ1v) is 10.5. The number of hydrogen-bond acceptors (Lipinski definition) is 5. The molecule has 1 spiro atoms. The van der Waals surface area contributed by atoms with Crippen molar-refractivity contribution in [2.24, 2.45) is 29.1 Å². The molecular formula is C17H23BrN4O2S. The zero-order valence-electron chi connectivity index (χ0n) is 14.2. The van der Waals surface area contributed by atoms with E-state index < -0.39 is 0 Å². The summed E-state index contributed by atoms with van der Waals surface area (Å²) in [6, 6.07) is 0. The highest BCUT2D eigenvalue weighted by atomic mass is 79.9. The predicted molar refractivity (Wildman–Crippen MR) is 100 cm³/mol. The van der Waals surface area contributed by atoms with E-state index in [2.05, 4.69) is 36.9 Å². The van der Waals surface area contributed by atoms with Gasteiger partial charge in [-0.25, -0.2) is 4.98 Å². The number of rotatable bonds is 6. The maximum Gasteiger partial charge on any atom is 0.230 e. The van der Waals surface area contributed by atoms with E-state index in [1.807, 2.05) is 7.05 Å². The number of carbonyl (C=O) groups excluding carboxylic acids is 2. The van der Waals surface area contributed by atoms with Gasteiger partial charge < -0.3 is 16.0 Å². The van der Waals surface area contributed by atoms with E-state index in [9.17, 15) is 9.59 Å². The number of hydrogen-bond donors (Lipinski definition) is 3. The smallest absolute Gasteiger partial charge is 0.230 e. The van der Waals surface area contributed by atoms with Crippen LogP contribution in [0.2, 0.25) is 0 Å². The molecule has 136 valence electrons. The monoisotopic (exact) mass is 426 g/mol. The van der Waals surface area contributed by atoms with Gasteiger partial charge in [-0.3, -0.25) is 9.59 Å². The maximum absolute atomic E-state index is 13.0. The Morgan fingerprint density at radius 3 is 2.48 bits per heavy atom. The third-order valence-corrected chi connectivity index (χ3v) is 7.73. The fourth-order valence-corrected chi connectivity index (χ4v) is 6.40. The molecule has 8 heteroatoms. The summed E-state index contributed by atoms with van der Waals surface area (Å²) in [5, 5.41) is 9.62. The average molecular weight is 427 g/mol. The Labute approximate surface area is 159 Å². The summed E-state index contributed by atoms with van der Waals surface area (Å²) in [4.78, 5) is 30.1. The second-order valence-electron chi connectivity index (χ2n) is 7.43. The standard InChI is InChI=1S/C17H23BrN4O2S/c1-19-6-7-20-14(23)12-9-2-3-10(17(9)4-5-17)13(12)15(24)22-16-21-8-11(18)25-16/h8-10,12-13,19H,2-7H2,1H3,(H,20,23)(H,21,22,24)/t9-,10+,12-,13-/m1/s1. The number of carbonyl (C=O) groups is 2. The minimum atomic E-state index is -0.224. The summed E-state index contributed by atoms with van der Waals surface area (Å²) in [5.41, 5.74) is 0.260. The molecule has 2 amide bonds. The fraction of sp³-hybridized carbons (Fsp3) is 0.706. The maximum atomic E-state index is 13.0. The van der Waals surface area contributed by atoms with Gasteiger partial charge in [0.2, 0.25) is 11.8 Å². The molecule has 3 fully saturated rings. The second-order valence-corrected chi connectivity index (χ2v) is 9.84. The summed E-state index contributed by atoms with van der Waals surface area (Å²) in [6.07, 6.45) is 6.20. The van der Waals surface area contributed by atoms with E-state index in [1.54, 1.807) is 6.20 Å². The Morgan fingerprint density at radius 1 is 1.24 bits per heavy atom. The van der Waals surface area contributed by atoms with Crippen molar-refractivity contribution >= 4 is 44.2 Å². The van der Waals surface area contributed by atoms with Crippen LogP contribution in [-0.4, -0.2) is 36.9 Å². The minimum Gasteiger partial charge on any atom is -0.355 e. The first-order valence-electron chi connectivity index (χ1n) is 8.91. The number of likely N-dealkylation sites (N-methyl/N-ethyl adjacent to an activating group) is 1. The Balaban J connectivity index is 1.53. The SMILES string of the molecule is CNCCNC(=O)[C@H]1[C@H](C(=O)Nc2ncc(Br)s2)[C@@H]2CC[C@H]1C21CC1. The van der Waals surface area contributed by atoms with Crippen LogP contribution in [0.15, 0.2) is 9.98 Å². The molecule has 0 aliphatic heterocycles. The van der Waals surface area contributed by atoms with Crippen molar-refractivity contribution < 1.29 is 9.59 Å². The highest BCUT2D eigenvalue weighted by Crippen LogP contribution is 2.74. The lowest BCUT2D eigenvalue weighted by Crippen LogP contribution is -2.44. The summed E-state index contributed by atoms with van der Waals surface area (Å²) in [5.74, 6) is 0.315. The van der Waals surface area contributed by atoms with Crippen molar-refractivity contribution in [3.8, 4) is 0 Å². The number of aromatic nitrogens is 1. The topological polar surface area (TPSA) is 83.1 Å². The van der Waals surface area contributed by atoms with Crippen molar-refractivity contribution in [2.75, 3.05) is 25.5 Å². The van der Waals surface area contributed by atoms with E-state index in [1.165, 1.54) is 24.2 Å². The highest BCUT2D eigenvalue weighted by molar-refractivity contribution is 9.11. The molecule has 1 aromatic heterocycles. The quantitative estimate of drug-likeness (QED) is 0.609. The largest absolute Gasteiger partial charge is 0.355 e. The Morgan fingerprint density at radius 2 is 1.92 bits per heavy atom. The molecule has 3 aliphatic carbocycles. The summed E-state index contributed by atoms with van der Waals surface area (Å²) in [6.45, 7) is 1.34. The average Bonchev–Trinajstić information content (AvgIpc) is 3.08. The summed E-state index contributed by atoms with van der Waals surface area (Å²) >= 11 is 4.77. The normalized spacial score (nSPS) is 31.3. The van der Waals surface area contributed by atoms with Gasteiger partial charge in [0.25, 0.3) is 0 Å². The fourth-order valence-electron chi connectivity index (χ4n) is 5.29. The Kier molecular flexibility index (Phi) is 4.62. The van der Waals surface area contributed by atoms with Crippen molar-refractivity contribution in [1.29, 1.82) is 0 Å². The molecule has 4 atom stereocenters. The van der Waals surface area contributed by atoms with Gasteiger partial charge in [0.05, 0.1) is 21.8 Å². The van der Waals surface area contributed by atoms with Gasteiger partial charge in [0.1, 0.15) is 0 Å². The molecule has 1 aromatic rings. The zero-order chi connectivity index (χ0) is 17.6. The van der Waals surface area contributed by atoms with Crippen LogP contribution in [0.25, 0.3) is 0 Å². The molecule has 6 nitrogen and oxygen atoms in total. The third kappa shape index (κ3) is 2.92. The Bertz CT molecular complexity index is 690. The molecule has 3 aliphatic rings. The van der Waals surface area contributed by atoms with Gasteiger partial charge in [-0.2, -0.15) is 0 Å². The first kappa shape index (κ1) is 17.4. The van der Waals surface area contributed by atoms with Crippen LogP contribution >= 0.6 is 27.3 Å². The van der Waals surface area contributed by atoms with Crippen LogP contribution in [0.5, 0.6) is 0 Å². The van der Waals surface area contributed by atoms with Crippen molar-refractivity contribution in [3.05, 3.63) is 9.98 Å². The first-order chi connectivity index (χ1) is 12.1. The van der Waals surface area contributed by atoms with E-state index in [-0.39, 0.29) is 29.1 Å². The molecule has 4 rings (SSSR count). The van der Waals surface area contributed by atoms with E-state index in [4.69, 9.17) is 0 Å². The van der Waals surface area contributed by atoms with Crippen LogP contribution in [0.1, 0.15) is 25.7 Å². The predicted octanol–water partition coefficient (Wildman–Crippen LogP) is 2.23. The van der Waals surface area contributed by atoms with Gasteiger partial charge in [-0.15, -0.1) is 0 Å². The van der Waals surface area contributed by atoms with E-state index >= 15 is 0 Å². The second kappa shape index (κ2) is 6.63. The molecule has 0 unspecified atom stereocenters. The highest BCUT2D eigenvalue weighted by Gasteiger charge is 2.71. The van der Waals surface area contributed by atoms with E-state index in [0.29, 0.717) is 23.5 Å². The number of nitrogens with zero attached hydrogens (tertiary/aromatic N) is 1. The zero-order valence-corrected chi connectivity index (χ0v) is 16.6. The molecule has 3 N–H and O–H groups in total. The summed E-state index contributed by atoms with van der Waals surface area (Å²) < 4.78 is 0.885. The summed E-state index contributed by atoms with van der Waals surface area (Å²) in [7, 11) is 1.87. The number of thiazole rings is 1. The van der Waals surface area contributed by atoms with Gasteiger partial charge in [-0.1, -0.05) is 11.3 Å². The lowest BCUT2D eigenvalue weighted by atomic mass is 9.78. The molecule has 0 radical (unpaired) electrons. The van der Waals surface area contributed by atoms with Gasteiger partial charge in [0.15, 0.2) is 5.13 Å². The molecule has 2 bridgehead atoms. The molecule has 3 saturated carbocycles. The van der Waals surface area contributed by atoms with Crippen molar-refractivity contribution in [2.45, 2.75) is 25.7 Å². The molecule has 0 aromatic carbocycles. The van der Waals surface area contributed by atoms with E-state index in [0.717, 1.165) is 23.2 Å². The van der Waals surface area contributed by atoms with Gasteiger partial charge in [0, 0.05) is 13.1 Å². The molecule has 25 heavy (non-hydrogen) atoms. The van der Waals surface area contributed by atoms with Gasteiger partial charge >= 0.3 is 0 Å². The Hall–Kier alpha value is -0.990.